The average molecular weight is 220 g/mol. The molecule has 0 aliphatic carbocycles. The summed E-state index contributed by atoms with van der Waals surface area (Å²) < 4.78 is 4.72. The number of pyridine rings is 1. The van der Waals surface area contributed by atoms with Gasteiger partial charge in [-0.2, -0.15) is 0 Å². The van der Waals surface area contributed by atoms with Crippen LogP contribution in [0.1, 0.15) is 17.4 Å². The molecule has 1 aromatic rings. The van der Waals surface area contributed by atoms with Crippen LogP contribution in [-0.2, 0) is 4.74 Å². The van der Waals surface area contributed by atoms with E-state index in [4.69, 9.17) is 27.9 Å². The summed E-state index contributed by atoms with van der Waals surface area (Å²) in [6.07, 6.45) is 1.32. The lowest BCUT2D eigenvalue weighted by Gasteiger charge is -2.01. The molecular weight excluding hydrogens is 213 g/mol. The fraction of sp³-hybridized carbons (Fsp3) is 0.250. The number of rotatable bonds is 2. The molecule has 0 aliphatic heterocycles. The third kappa shape index (κ3) is 2.57. The van der Waals surface area contributed by atoms with Gasteiger partial charge in [-0.1, -0.05) is 23.2 Å². The number of aromatic nitrogens is 1. The topological polar surface area (TPSA) is 39.2 Å². The number of ether oxygens (including phenoxy) is 1. The molecule has 0 radical (unpaired) electrons. The third-order valence-corrected chi connectivity index (χ3v) is 2.00. The van der Waals surface area contributed by atoms with Gasteiger partial charge in [-0.3, -0.25) is 0 Å². The zero-order valence-electron chi connectivity index (χ0n) is 6.88. The van der Waals surface area contributed by atoms with Gasteiger partial charge in [-0.15, -0.1) is 0 Å². The Balaban J connectivity index is 2.90. The van der Waals surface area contributed by atoms with E-state index in [1.54, 1.807) is 6.92 Å². The molecule has 0 amide bonds. The van der Waals surface area contributed by atoms with Crippen molar-refractivity contribution in [2.45, 2.75) is 6.92 Å². The van der Waals surface area contributed by atoms with Crippen molar-refractivity contribution in [1.82, 2.24) is 4.98 Å². The summed E-state index contributed by atoms with van der Waals surface area (Å²) in [4.78, 5) is 14.9. The third-order valence-electron chi connectivity index (χ3n) is 1.29. The van der Waals surface area contributed by atoms with Crippen LogP contribution in [-0.4, -0.2) is 17.6 Å². The largest absolute Gasteiger partial charge is 0.461 e. The Morgan fingerprint density at radius 2 is 2.23 bits per heavy atom. The van der Waals surface area contributed by atoms with E-state index in [2.05, 4.69) is 4.98 Å². The number of carbonyl (C=O) groups is 1. The first kappa shape index (κ1) is 10.3. The Bertz CT molecular complexity index is 328. The van der Waals surface area contributed by atoms with Gasteiger partial charge in [0.15, 0.2) is 0 Å². The summed E-state index contributed by atoms with van der Waals surface area (Å²) >= 11 is 11.3. The summed E-state index contributed by atoms with van der Waals surface area (Å²) in [5, 5.41) is 0.606. The highest BCUT2D eigenvalue weighted by Crippen LogP contribution is 2.20. The summed E-state index contributed by atoms with van der Waals surface area (Å²) in [6, 6.07) is 1.38. The van der Waals surface area contributed by atoms with Gasteiger partial charge in [-0.05, 0) is 13.0 Å². The van der Waals surface area contributed by atoms with Crippen molar-refractivity contribution in [3.05, 3.63) is 28.0 Å². The Kier molecular flexibility index (Phi) is 3.51. The minimum atomic E-state index is -0.499. The van der Waals surface area contributed by atoms with Crippen molar-refractivity contribution >= 4 is 29.2 Å². The second-order valence-corrected chi connectivity index (χ2v) is 3.02. The molecule has 0 fully saturated rings. The lowest BCUT2D eigenvalue weighted by Crippen LogP contribution is -2.06. The molecule has 0 spiro atoms. The first-order valence-corrected chi connectivity index (χ1v) is 4.39. The van der Waals surface area contributed by atoms with Gasteiger partial charge >= 0.3 is 5.97 Å². The molecule has 1 heterocycles. The summed E-state index contributed by atoms with van der Waals surface area (Å²) in [5.41, 5.74) is 0.163. The SMILES string of the molecule is CCOC(=O)c1cc(Cl)c(Cl)cn1. The molecule has 1 aromatic heterocycles. The Hall–Kier alpha value is -0.800. The number of nitrogens with zero attached hydrogens (tertiary/aromatic N) is 1. The van der Waals surface area contributed by atoms with E-state index < -0.39 is 5.97 Å². The monoisotopic (exact) mass is 219 g/mol. The van der Waals surface area contributed by atoms with Gasteiger partial charge < -0.3 is 4.74 Å². The fourth-order valence-electron chi connectivity index (χ4n) is 0.731. The Morgan fingerprint density at radius 3 is 2.77 bits per heavy atom. The van der Waals surface area contributed by atoms with Gasteiger partial charge in [0.2, 0.25) is 0 Å². The minimum Gasteiger partial charge on any atom is -0.461 e. The van der Waals surface area contributed by atoms with Crippen molar-refractivity contribution in [1.29, 1.82) is 0 Å². The molecule has 0 aromatic carbocycles. The van der Waals surface area contributed by atoms with Crippen LogP contribution in [0.3, 0.4) is 0 Å². The predicted octanol–water partition coefficient (Wildman–Crippen LogP) is 2.57. The predicted molar refractivity (Wildman–Crippen MR) is 50.2 cm³/mol. The van der Waals surface area contributed by atoms with Crippen LogP contribution < -0.4 is 0 Å². The highest BCUT2D eigenvalue weighted by Gasteiger charge is 2.09. The molecule has 0 bridgehead atoms. The normalized spacial score (nSPS) is 9.77. The molecule has 0 saturated heterocycles. The second-order valence-electron chi connectivity index (χ2n) is 2.20. The summed E-state index contributed by atoms with van der Waals surface area (Å²) in [6.45, 7) is 2.02. The van der Waals surface area contributed by atoms with Crippen molar-refractivity contribution in [2.24, 2.45) is 0 Å². The maximum Gasteiger partial charge on any atom is 0.356 e. The molecule has 3 nitrogen and oxygen atoms in total. The van der Waals surface area contributed by atoms with E-state index in [0.29, 0.717) is 16.7 Å². The van der Waals surface area contributed by atoms with Crippen molar-refractivity contribution in [3.63, 3.8) is 0 Å². The molecule has 13 heavy (non-hydrogen) atoms. The average Bonchev–Trinajstić information content (AvgIpc) is 2.10. The van der Waals surface area contributed by atoms with E-state index in [1.165, 1.54) is 12.3 Å². The molecule has 0 atom stereocenters. The molecule has 5 heteroatoms. The molecule has 70 valence electrons. The van der Waals surface area contributed by atoms with Gasteiger partial charge in [-0.25, -0.2) is 9.78 Å². The van der Waals surface area contributed by atoms with E-state index in [-0.39, 0.29) is 5.69 Å². The van der Waals surface area contributed by atoms with Gasteiger partial charge in [0, 0.05) is 6.20 Å². The standard InChI is InChI=1S/C8H7Cl2NO2/c1-2-13-8(12)7-3-5(9)6(10)4-11-7/h3-4H,2H2,1H3. The molecule has 0 saturated carbocycles. The van der Waals surface area contributed by atoms with E-state index in [1.807, 2.05) is 0 Å². The second kappa shape index (κ2) is 4.44. The number of carbonyl (C=O) groups excluding carboxylic acids is 1. The maximum atomic E-state index is 11.1. The molecular formula is C8H7Cl2NO2. The van der Waals surface area contributed by atoms with Crippen LogP contribution in [0.25, 0.3) is 0 Å². The van der Waals surface area contributed by atoms with E-state index in [9.17, 15) is 4.79 Å². The van der Waals surface area contributed by atoms with E-state index in [0.717, 1.165) is 0 Å². The highest BCUT2D eigenvalue weighted by molar-refractivity contribution is 6.42. The molecule has 1 rings (SSSR count). The Morgan fingerprint density at radius 1 is 1.54 bits per heavy atom. The van der Waals surface area contributed by atoms with Crippen LogP contribution in [0.4, 0.5) is 0 Å². The summed E-state index contributed by atoms with van der Waals surface area (Å²) in [7, 11) is 0. The quantitative estimate of drug-likeness (QED) is 0.719. The number of hydrogen-bond acceptors (Lipinski definition) is 3. The van der Waals surface area contributed by atoms with Gasteiger partial charge in [0.25, 0.3) is 0 Å². The van der Waals surface area contributed by atoms with Gasteiger partial charge in [0.05, 0.1) is 16.7 Å². The van der Waals surface area contributed by atoms with Crippen molar-refractivity contribution in [3.8, 4) is 0 Å². The molecule has 0 aliphatic rings. The smallest absolute Gasteiger partial charge is 0.356 e. The number of hydrogen-bond donors (Lipinski definition) is 0. The number of halogens is 2. The van der Waals surface area contributed by atoms with Crippen LogP contribution >= 0.6 is 23.2 Å². The van der Waals surface area contributed by atoms with Crippen molar-refractivity contribution in [2.75, 3.05) is 6.61 Å². The fourth-order valence-corrected chi connectivity index (χ4v) is 0.986. The number of esters is 1. The summed E-state index contributed by atoms with van der Waals surface area (Å²) in [5.74, 6) is -0.499. The van der Waals surface area contributed by atoms with E-state index >= 15 is 0 Å². The first-order chi connectivity index (χ1) is 6.15. The first-order valence-electron chi connectivity index (χ1n) is 3.63. The van der Waals surface area contributed by atoms with Crippen LogP contribution in [0, 0.1) is 0 Å². The zero-order valence-corrected chi connectivity index (χ0v) is 8.39. The zero-order chi connectivity index (χ0) is 9.84. The highest BCUT2D eigenvalue weighted by atomic mass is 35.5. The van der Waals surface area contributed by atoms with Crippen LogP contribution in [0.15, 0.2) is 12.3 Å². The lowest BCUT2D eigenvalue weighted by atomic mass is 10.3. The maximum absolute atomic E-state index is 11.1. The minimum absolute atomic E-state index is 0.163. The Labute approximate surface area is 85.6 Å². The van der Waals surface area contributed by atoms with Gasteiger partial charge in [0.1, 0.15) is 5.69 Å². The van der Waals surface area contributed by atoms with Crippen LogP contribution in [0.5, 0.6) is 0 Å². The lowest BCUT2D eigenvalue weighted by molar-refractivity contribution is 0.0519. The molecule has 0 N–H and O–H groups in total. The van der Waals surface area contributed by atoms with Crippen LogP contribution in [0.2, 0.25) is 10.0 Å². The molecule has 0 unspecified atom stereocenters. The van der Waals surface area contributed by atoms with Crippen molar-refractivity contribution < 1.29 is 9.53 Å².